The summed E-state index contributed by atoms with van der Waals surface area (Å²) in [6, 6.07) is 6.43. The average molecular weight is 278 g/mol. The van der Waals surface area contributed by atoms with E-state index in [1.54, 1.807) is 11.3 Å². The predicted molar refractivity (Wildman–Crippen MR) is 83.3 cm³/mol. The number of benzene rings is 1. The molecule has 0 saturated heterocycles. The van der Waals surface area contributed by atoms with E-state index >= 15 is 0 Å². The third-order valence-corrected chi connectivity index (χ3v) is 4.26. The Bertz CT molecular complexity index is 557. The van der Waals surface area contributed by atoms with Crippen molar-refractivity contribution in [2.75, 3.05) is 11.9 Å². The van der Waals surface area contributed by atoms with E-state index in [-0.39, 0.29) is 5.41 Å². The van der Waals surface area contributed by atoms with Crippen LogP contribution in [0.15, 0.2) is 18.2 Å². The minimum Gasteiger partial charge on any atom is -0.494 e. The molecule has 1 unspecified atom stereocenters. The summed E-state index contributed by atoms with van der Waals surface area (Å²) in [4.78, 5) is 4.62. The third kappa shape index (κ3) is 3.38. The van der Waals surface area contributed by atoms with Gasteiger partial charge < -0.3 is 10.1 Å². The maximum atomic E-state index is 5.52. The fourth-order valence-corrected chi connectivity index (χ4v) is 2.61. The van der Waals surface area contributed by atoms with Crippen LogP contribution in [-0.2, 0) is 0 Å². The van der Waals surface area contributed by atoms with Crippen LogP contribution in [0.1, 0.15) is 34.6 Å². The molecule has 19 heavy (non-hydrogen) atoms. The number of nitrogens with zero attached hydrogens (tertiary/aromatic N) is 1. The molecule has 0 bridgehead atoms. The number of rotatable bonds is 4. The van der Waals surface area contributed by atoms with Crippen molar-refractivity contribution >= 4 is 26.7 Å². The van der Waals surface area contributed by atoms with Gasteiger partial charge in [-0.25, -0.2) is 4.98 Å². The summed E-state index contributed by atoms with van der Waals surface area (Å²) < 4.78 is 6.68. The van der Waals surface area contributed by atoms with Crippen molar-refractivity contribution in [2.45, 2.75) is 40.7 Å². The number of anilines is 1. The predicted octanol–water partition coefficient (Wildman–Crippen LogP) is 4.54. The lowest BCUT2D eigenvalue weighted by Gasteiger charge is -2.27. The summed E-state index contributed by atoms with van der Waals surface area (Å²) in [6.07, 6.45) is 0. The minimum atomic E-state index is 0.217. The zero-order chi connectivity index (χ0) is 14.0. The van der Waals surface area contributed by atoms with Crippen molar-refractivity contribution in [1.29, 1.82) is 0 Å². The highest BCUT2D eigenvalue weighted by Crippen LogP contribution is 2.31. The van der Waals surface area contributed by atoms with Crippen molar-refractivity contribution < 1.29 is 4.74 Å². The molecule has 0 spiro atoms. The second-order valence-corrected chi connectivity index (χ2v) is 6.84. The van der Waals surface area contributed by atoms with Crippen molar-refractivity contribution in [3.8, 4) is 5.75 Å². The fraction of sp³-hybridized carbons (Fsp3) is 0.533. The lowest BCUT2D eigenvalue weighted by atomic mass is 9.88. The van der Waals surface area contributed by atoms with E-state index in [1.165, 1.54) is 0 Å². The van der Waals surface area contributed by atoms with Crippen molar-refractivity contribution in [3.63, 3.8) is 0 Å². The first-order valence-corrected chi connectivity index (χ1v) is 7.51. The van der Waals surface area contributed by atoms with Gasteiger partial charge in [0.25, 0.3) is 0 Å². The van der Waals surface area contributed by atoms with Crippen LogP contribution in [0.2, 0.25) is 0 Å². The van der Waals surface area contributed by atoms with Gasteiger partial charge in [-0.05, 0) is 37.5 Å². The number of ether oxygens (including phenoxy) is 1. The largest absolute Gasteiger partial charge is 0.494 e. The molecule has 1 aromatic heterocycles. The molecule has 1 N–H and O–H groups in total. The van der Waals surface area contributed by atoms with Gasteiger partial charge in [0, 0.05) is 6.04 Å². The molecule has 2 aromatic rings. The maximum absolute atomic E-state index is 5.52. The van der Waals surface area contributed by atoms with Crippen LogP contribution in [0, 0.1) is 5.41 Å². The van der Waals surface area contributed by atoms with E-state index in [4.69, 9.17) is 4.74 Å². The number of thiazole rings is 1. The summed E-state index contributed by atoms with van der Waals surface area (Å²) in [7, 11) is 0. The van der Waals surface area contributed by atoms with Gasteiger partial charge in [-0.3, -0.25) is 0 Å². The Morgan fingerprint density at radius 1 is 1.37 bits per heavy atom. The van der Waals surface area contributed by atoms with Crippen LogP contribution in [0.4, 0.5) is 5.13 Å². The first kappa shape index (κ1) is 14.1. The maximum Gasteiger partial charge on any atom is 0.184 e. The van der Waals surface area contributed by atoms with E-state index < -0.39 is 0 Å². The molecule has 104 valence electrons. The van der Waals surface area contributed by atoms with Crippen LogP contribution in [0.5, 0.6) is 5.75 Å². The Morgan fingerprint density at radius 3 is 2.74 bits per heavy atom. The monoisotopic (exact) mass is 278 g/mol. The molecule has 0 fully saturated rings. The molecule has 4 heteroatoms. The summed E-state index contributed by atoms with van der Waals surface area (Å²) in [5.41, 5.74) is 1.24. The second kappa shape index (κ2) is 5.37. The van der Waals surface area contributed by atoms with Crippen LogP contribution < -0.4 is 10.1 Å². The van der Waals surface area contributed by atoms with Gasteiger partial charge in [-0.1, -0.05) is 32.1 Å². The number of hydrogen-bond acceptors (Lipinski definition) is 4. The van der Waals surface area contributed by atoms with Crippen molar-refractivity contribution in [1.82, 2.24) is 4.98 Å². The molecule has 0 aliphatic heterocycles. The Morgan fingerprint density at radius 2 is 2.11 bits per heavy atom. The molecular formula is C15H22N2OS. The van der Waals surface area contributed by atoms with Gasteiger partial charge in [0.05, 0.1) is 16.8 Å². The summed E-state index contributed by atoms with van der Waals surface area (Å²) in [5, 5.41) is 4.47. The molecule has 1 atom stereocenters. The second-order valence-electron chi connectivity index (χ2n) is 5.81. The smallest absolute Gasteiger partial charge is 0.184 e. The van der Waals surface area contributed by atoms with Crippen LogP contribution >= 0.6 is 11.3 Å². The number of hydrogen-bond donors (Lipinski definition) is 1. The molecule has 2 rings (SSSR count). The molecule has 3 nitrogen and oxygen atoms in total. The van der Waals surface area contributed by atoms with Gasteiger partial charge in [0.15, 0.2) is 5.13 Å². The van der Waals surface area contributed by atoms with E-state index in [0.717, 1.165) is 21.1 Å². The number of fused-ring (bicyclic) bond motifs is 1. The molecule has 1 aromatic carbocycles. The lowest BCUT2D eigenvalue weighted by molar-refractivity contribution is 0.341. The first-order chi connectivity index (χ1) is 8.90. The average Bonchev–Trinajstić information content (AvgIpc) is 2.69. The summed E-state index contributed by atoms with van der Waals surface area (Å²) in [5.74, 6) is 0.911. The number of aromatic nitrogens is 1. The van der Waals surface area contributed by atoms with Crippen LogP contribution in [0.25, 0.3) is 10.2 Å². The molecule has 0 aliphatic carbocycles. The van der Waals surface area contributed by atoms with E-state index in [9.17, 15) is 0 Å². The summed E-state index contributed by atoms with van der Waals surface area (Å²) >= 11 is 1.68. The zero-order valence-electron chi connectivity index (χ0n) is 12.3. The lowest BCUT2D eigenvalue weighted by Crippen LogP contribution is -2.30. The van der Waals surface area contributed by atoms with Gasteiger partial charge in [0.2, 0.25) is 0 Å². The van der Waals surface area contributed by atoms with Gasteiger partial charge in [-0.15, -0.1) is 0 Å². The minimum absolute atomic E-state index is 0.217. The normalized spacial score (nSPS) is 13.5. The molecule has 0 saturated carbocycles. The highest BCUT2D eigenvalue weighted by atomic mass is 32.1. The zero-order valence-corrected chi connectivity index (χ0v) is 13.1. The van der Waals surface area contributed by atoms with Gasteiger partial charge >= 0.3 is 0 Å². The highest BCUT2D eigenvalue weighted by Gasteiger charge is 2.20. The Labute approximate surface area is 119 Å². The van der Waals surface area contributed by atoms with Gasteiger partial charge in [-0.2, -0.15) is 0 Å². The quantitative estimate of drug-likeness (QED) is 0.891. The summed E-state index contributed by atoms with van der Waals surface area (Å²) in [6.45, 7) is 11.6. The van der Waals surface area contributed by atoms with Gasteiger partial charge in [0.1, 0.15) is 5.75 Å². The molecule has 0 radical (unpaired) electrons. The first-order valence-electron chi connectivity index (χ1n) is 6.70. The molecular weight excluding hydrogens is 256 g/mol. The van der Waals surface area contributed by atoms with Crippen molar-refractivity contribution in [2.24, 2.45) is 5.41 Å². The standard InChI is InChI=1S/C15H22N2OS/c1-6-18-11-7-8-12-13(9-11)19-14(17-12)16-10(2)15(3,4)5/h7-10H,6H2,1-5H3,(H,16,17). The SMILES string of the molecule is CCOc1ccc2nc(NC(C)C(C)(C)C)sc2c1. The van der Waals surface area contributed by atoms with E-state index in [1.807, 2.05) is 19.1 Å². The topological polar surface area (TPSA) is 34.1 Å². The van der Waals surface area contributed by atoms with E-state index in [0.29, 0.717) is 12.6 Å². The van der Waals surface area contributed by atoms with E-state index in [2.05, 4.69) is 44.1 Å². The highest BCUT2D eigenvalue weighted by molar-refractivity contribution is 7.22. The van der Waals surface area contributed by atoms with Crippen LogP contribution in [-0.4, -0.2) is 17.6 Å². The third-order valence-electron chi connectivity index (χ3n) is 3.31. The van der Waals surface area contributed by atoms with Crippen LogP contribution in [0.3, 0.4) is 0 Å². The molecule has 0 aliphatic rings. The Balaban J connectivity index is 2.22. The molecule has 1 heterocycles. The Hall–Kier alpha value is -1.29. The fourth-order valence-electron chi connectivity index (χ4n) is 1.62. The molecule has 0 amide bonds. The number of nitrogens with one attached hydrogen (secondary N) is 1. The van der Waals surface area contributed by atoms with Crippen molar-refractivity contribution in [3.05, 3.63) is 18.2 Å². The Kier molecular flexibility index (Phi) is 3.99.